The fourth-order valence-electron chi connectivity index (χ4n) is 5.86. The molecule has 5 amide bonds. The summed E-state index contributed by atoms with van der Waals surface area (Å²) >= 11 is 0. The number of fused-ring (bicyclic) bond motifs is 3. The predicted molar refractivity (Wildman–Crippen MR) is 203 cm³/mol. The lowest BCUT2D eigenvalue weighted by Gasteiger charge is -2.35. The first-order valence-electron chi connectivity index (χ1n) is 17.9. The van der Waals surface area contributed by atoms with Crippen LogP contribution in [0.25, 0.3) is 11.1 Å². The third kappa shape index (κ3) is 10.2. The molecule has 0 spiro atoms. The van der Waals surface area contributed by atoms with Crippen LogP contribution in [0.15, 0.2) is 78.9 Å². The van der Waals surface area contributed by atoms with Gasteiger partial charge in [-0.2, -0.15) is 0 Å². The Bertz CT molecular complexity index is 1830. The van der Waals surface area contributed by atoms with Gasteiger partial charge in [-0.15, -0.1) is 0 Å². The van der Waals surface area contributed by atoms with Gasteiger partial charge in [0.25, 0.3) is 0 Å². The zero-order valence-corrected chi connectivity index (χ0v) is 32.1. The van der Waals surface area contributed by atoms with E-state index in [1.807, 2.05) is 66.7 Å². The van der Waals surface area contributed by atoms with E-state index in [1.165, 1.54) is 41.5 Å². The van der Waals surface area contributed by atoms with Crippen LogP contribution in [0.4, 0.5) is 4.79 Å². The van der Waals surface area contributed by atoms with Crippen molar-refractivity contribution >= 4 is 35.7 Å². The van der Waals surface area contributed by atoms with Crippen molar-refractivity contribution in [3.05, 3.63) is 95.6 Å². The summed E-state index contributed by atoms with van der Waals surface area (Å²) in [6, 6.07) is 23.9. The number of carbonyl (C=O) groups excluding carboxylic acids is 6. The quantitative estimate of drug-likeness (QED) is 0.145. The van der Waals surface area contributed by atoms with Gasteiger partial charge in [0.05, 0.1) is 0 Å². The molecule has 0 aromatic heterocycles. The molecule has 0 saturated heterocycles. The minimum atomic E-state index is -1.54. The Labute approximate surface area is 316 Å². The number of alkyl carbamates (subject to hydrolysis) is 1. The number of hydrogen-bond donors (Lipinski definition) is 5. The van der Waals surface area contributed by atoms with Crippen molar-refractivity contribution in [2.75, 3.05) is 13.2 Å². The highest BCUT2D eigenvalue weighted by Gasteiger charge is 2.41. The first kappa shape index (κ1) is 41.0. The molecule has 0 fully saturated rings. The summed E-state index contributed by atoms with van der Waals surface area (Å²) in [5.41, 5.74) is 0.508. The Morgan fingerprint density at radius 2 is 1.11 bits per heavy atom. The molecule has 4 rings (SSSR count). The Morgan fingerprint density at radius 3 is 1.65 bits per heavy atom. The van der Waals surface area contributed by atoms with Gasteiger partial charge in [-0.1, -0.05) is 92.7 Å². The largest absolute Gasteiger partial charge is 0.460 e. The van der Waals surface area contributed by atoms with E-state index in [-0.39, 0.29) is 25.0 Å². The molecule has 5 N–H and O–H groups in total. The van der Waals surface area contributed by atoms with Crippen molar-refractivity contribution < 1.29 is 38.2 Å². The molecular formula is C41H51N5O8. The maximum atomic E-state index is 13.5. The van der Waals surface area contributed by atoms with Crippen LogP contribution in [0, 0.1) is 5.92 Å². The second kappa shape index (κ2) is 17.0. The van der Waals surface area contributed by atoms with Crippen LogP contribution in [-0.2, 0) is 40.1 Å². The van der Waals surface area contributed by atoms with Gasteiger partial charge in [0.1, 0.15) is 42.4 Å². The fraction of sp³-hybridized carbons (Fsp3) is 0.415. The second-order valence-corrected chi connectivity index (χ2v) is 15.3. The molecule has 0 heterocycles. The lowest BCUT2D eigenvalue weighted by molar-refractivity contribution is -0.145. The average Bonchev–Trinajstić information content (AvgIpc) is 3.44. The summed E-state index contributed by atoms with van der Waals surface area (Å²) in [5.74, 6) is -3.82. The highest BCUT2D eigenvalue weighted by molar-refractivity contribution is 5.99. The van der Waals surface area contributed by atoms with Crippen LogP contribution in [-0.4, -0.2) is 71.5 Å². The van der Waals surface area contributed by atoms with Crippen molar-refractivity contribution in [1.82, 2.24) is 26.6 Å². The van der Waals surface area contributed by atoms with Crippen molar-refractivity contribution in [1.29, 1.82) is 0 Å². The van der Waals surface area contributed by atoms with Crippen LogP contribution in [0.1, 0.15) is 78.0 Å². The van der Waals surface area contributed by atoms with E-state index in [0.29, 0.717) is 0 Å². The third-order valence-electron chi connectivity index (χ3n) is 9.20. The maximum Gasteiger partial charge on any atom is 0.408 e. The van der Waals surface area contributed by atoms with E-state index in [0.717, 1.165) is 27.8 Å². The topological polar surface area (TPSA) is 181 Å². The molecule has 0 saturated carbocycles. The number of carbonyl (C=O) groups is 6. The molecule has 3 aromatic carbocycles. The van der Waals surface area contributed by atoms with E-state index in [9.17, 15) is 28.8 Å². The first-order valence-corrected chi connectivity index (χ1v) is 17.9. The summed E-state index contributed by atoms with van der Waals surface area (Å²) in [6.07, 6.45) is -0.801. The Kier molecular flexibility index (Phi) is 12.9. The standard InChI is InChI=1S/C41H51N5O8/c1-25(2)33(34(48)42-22-32(47)53-23-26-16-10-9-11-17-26)43-35(49)39(3,4)44-36(50)40(5,6)45-37(51)41(7,8)46-38(52)54-24-31-29-20-14-12-18-27(29)28-19-13-15-21-30(28)31/h9-21,25,31,33H,22-24H2,1-8H3,(H,42,48)(H,43,49)(H,44,50)(H,45,51)(H,46,52)/t33-/m0/s1. The minimum absolute atomic E-state index is 0.0527. The number of esters is 1. The predicted octanol–water partition coefficient (Wildman–Crippen LogP) is 4.09. The molecule has 1 aliphatic rings. The minimum Gasteiger partial charge on any atom is -0.460 e. The number of rotatable bonds is 15. The van der Waals surface area contributed by atoms with Crippen LogP contribution in [0.3, 0.4) is 0 Å². The van der Waals surface area contributed by atoms with Crippen LogP contribution in [0.2, 0.25) is 0 Å². The zero-order chi connectivity index (χ0) is 39.8. The number of amides is 5. The third-order valence-corrected chi connectivity index (χ3v) is 9.20. The van der Waals surface area contributed by atoms with Gasteiger partial charge in [-0.05, 0) is 75.3 Å². The molecule has 0 radical (unpaired) electrons. The monoisotopic (exact) mass is 741 g/mol. The van der Waals surface area contributed by atoms with E-state index in [4.69, 9.17) is 9.47 Å². The lowest BCUT2D eigenvalue weighted by Crippen LogP contribution is -2.67. The van der Waals surface area contributed by atoms with Crippen molar-refractivity contribution in [2.45, 2.75) is 90.6 Å². The molecule has 1 atom stereocenters. The highest BCUT2D eigenvalue weighted by Crippen LogP contribution is 2.44. The summed E-state index contributed by atoms with van der Waals surface area (Å²) in [5, 5.41) is 13.0. The smallest absolute Gasteiger partial charge is 0.408 e. The second-order valence-electron chi connectivity index (χ2n) is 15.3. The SMILES string of the molecule is CC(C)[C@H](NC(=O)C(C)(C)NC(=O)C(C)(C)NC(=O)C(C)(C)NC(=O)OCC1c2ccccc2-c2ccccc21)C(=O)NCC(=O)OCc1ccccc1. The lowest BCUT2D eigenvalue weighted by atomic mass is 9.95. The molecule has 13 nitrogen and oxygen atoms in total. The van der Waals surface area contributed by atoms with Gasteiger partial charge >= 0.3 is 12.1 Å². The molecule has 54 heavy (non-hydrogen) atoms. The molecule has 1 aliphatic carbocycles. The van der Waals surface area contributed by atoms with Crippen LogP contribution >= 0.6 is 0 Å². The van der Waals surface area contributed by atoms with Crippen LogP contribution < -0.4 is 26.6 Å². The van der Waals surface area contributed by atoms with E-state index < -0.39 is 64.9 Å². The number of ether oxygens (including phenoxy) is 2. The fourth-order valence-corrected chi connectivity index (χ4v) is 5.86. The number of hydrogen-bond acceptors (Lipinski definition) is 8. The summed E-state index contributed by atoms with van der Waals surface area (Å²) in [7, 11) is 0. The highest BCUT2D eigenvalue weighted by atomic mass is 16.5. The van der Waals surface area contributed by atoms with E-state index in [2.05, 4.69) is 26.6 Å². The molecule has 0 unspecified atom stereocenters. The van der Waals surface area contributed by atoms with Gasteiger partial charge in [0.15, 0.2) is 0 Å². The normalized spacial score (nSPS) is 13.1. The summed E-state index contributed by atoms with van der Waals surface area (Å²) in [6.45, 7) is 11.9. The molecule has 3 aromatic rings. The van der Waals surface area contributed by atoms with E-state index >= 15 is 0 Å². The molecule has 288 valence electrons. The van der Waals surface area contributed by atoms with Crippen molar-refractivity contribution in [2.24, 2.45) is 5.92 Å². The Hall–Kier alpha value is -5.72. The van der Waals surface area contributed by atoms with Crippen molar-refractivity contribution in [3.63, 3.8) is 0 Å². The van der Waals surface area contributed by atoms with Gasteiger partial charge in [-0.3, -0.25) is 24.0 Å². The number of nitrogens with one attached hydrogen (secondary N) is 5. The maximum absolute atomic E-state index is 13.5. The molecule has 0 bridgehead atoms. The Balaban J connectivity index is 1.27. The van der Waals surface area contributed by atoms with Gasteiger partial charge in [-0.25, -0.2) is 4.79 Å². The average molecular weight is 742 g/mol. The van der Waals surface area contributed by atoms with Gasteiger partial charge in [0.2, 0.25) is 23.6 Å². The Morgan fingerprint density at radius 1 is 0.630 bits per heavy atom. The first-order chi connectivity index (χ1) is 25.3. The molecule has 13 heteroatoms. The van der Waals surface area contributed by atoms with Gasteiger partial charge < -0.3 is 36.1 Å². The van der Waals surface area contributed by atoms with Crippen LogP contribution in [0.5, 0.6) is 0 Å². The van der Waals surface area contributed by atoms with E-state index in [1.54, 1.807) is 26.0 Å². The van der Waals surface area contributed by atoms with Gasteiger partial charge in [0, 0.05) is 5.92 Å². The van der Waals surface area contributed by atoms with Crippen molar-refractivity contribution in [3.8, 4) is 11.1 Å². The summed E-state index contributed by atoms with van der Waals surface area (Å²) in [4.78, 5) is 78.5. The number of benzene rings is 3. The summed E-state index contributed by atoms with van der Waals surface area (Å²) < 4.78 is 10.8. The zero-order valence-electron chi connectivity index (χ0n) is 32.1. The molecule has 0 aliphatic heterocycles. The molecular weight excluding hydrogens is 690 g/mol.